The van der Waals surface area contributed by atoms with Crippen molar-refractivity contribution in [1.82, 2.24) is 20.0 Å². The second kappa shape index (κ2) is 9.92. The van der Waals surface area contributed by atoms with Crippen LogP contribution in [0.3, 0.4) is 0 Å². The van der Waals surface area contributed by atoms with Crippen LogP contribution in [0.5, 0.6) is 0 Å². The Morgan fingerprint density at radius 3 is 2.32 bits per heavy atom. The minimum Gasteiger partial charge on any atom is -0.352 e. The molecule has 0 atom stereocenters. The van der Waals surface area contributed by atoms with Crippen molar-refractivity contribution >= 4 is 5.91 Å². The van der Waals surface area contributed by atoms with E-state index in [2.05, 4.69) is 39.6 Å². The smallest absolute Gasteiger partial charge is 0.224 e. The van der Waals surface area contributed by atoms with Gasteiger partial charge < -0.3 is 5.32 Å². The van der Waals surface area contributed by atoms with E-state index >= 15 is 0 Å². The highest BCUT2D eigenvalue weighted by atomic mass is 16.1. The van der Waals surface area contributed by atoms with Crippen LogP contribution in [0.1, 0.15) is 47.3 Å². The van der Waals surface area contributed by atoms with Crippen molar-refractivity contribution in [2.45, 2.75) is 52.6 Å². The number of hydrogen-bond donors (Lipinski definition) is 1. The fraction of sp³-hybridized carbons (Fsp3) is 0.385. The number of amides is 1. The molecule has 0 aliphatic carbocycles. The van der Waals surface area contributed by atoms with Crippen molar-refractivity contribution in [2.24, 2.45) is 0 Å². The number of para-hydroxylation sites is 1. The second-order valence-corrected chi connectivity index (χ2v) is 8.50. The summed E-state index contributed by atoms with van der Waals surface area (Å²) in [5.74, 6) is 0.0243. The van der Waals surface area contributed by atoms with E-state index in [1.165, 1.54) is 37.9 Å². The van der Waals surface area contributed by atoms with Gasteiger partial charge in [0.15, 0.2) is 0 Å². The van der Waals surface area contributed by atoms with Crippen molar-refractivity contribution in [3.05, 3.63) is 82.7 Å². The van der Waals surface area contributed by atoms with Gasteiger partial charge in [0.1, 0.15) is 0 Å². The first kappa shape index (κ1) is 21.3. The third kappa shape index (κ3) is 5.42. The lowest BCUT2D eigenvalue weighted by molar-refractivity contribution is -0.120. The maximum absolute atomic E-state index is 12.6. The van der Waals surface area contributed by atoms with Gasteiger partial charge in [-0.3, -0.25) is 9.69 Å². The van der Waals surface area contributed by atoms with Gasteiger partial charge in [-0.2, -0.15) is 5.10 Å². The number of likely N-dealkylation sites (tertiary alicyclic amines) is 1. The Kier molecular flexibility index (Phi) is 6.82. The number of hydrogen-bond acceptors (Lipinski definition) is 3. The van der Waals surface area contributed by atoms with Crippen LogP contribution in [0, 0.1) is 13.8 Å². The van der Waals surface area contributed by atoms with Crippen LogP contribution in [0.4, 0.5) is 0 Å². The summed E-state index contributed by atoms with van der Waals surface area (Å²) < 4.78 is 1.92. The summed E-state index contributed by atoms with van der Waals surface area (Å²) >= 11 is 0. The van der Waals surface area contributed by atoms with Crippen molar-refractivity contribution in [2.75, 3.05) is 13.1 Å². The molecule has 2 heterocycles. The molecule has 1 aromatic heterocycles. The first-order valence-corrected chi connectivity index (χ1v) is 11.3. The quantitative estimate of drug-likeness (QED) is 0.624. The van der Waals surface area contributed by atoms with Crippen LogP contribution in [0.2, 0.25) is 0 Å². The molecule has 2 aromatic carbocycles. The molecule has 0 radical (unpaired) electrons. The van der Waals surface area contributed by atoms with E-state index < -0.39 is 0 Å². The van der Waals surface area contributed by atoms with E-state index in [1.807, 2.05) is 48.9 Å². The van der Waals surface area contributed by atoms with Crippen molar-refractivity contribution in [3.8, 4) is 5.69 Å². The molecule has 0 bridgehead atoms. The maximum atomic E-state index is 12.6. The zero-order valence-electron chi connectivity index (χ0n) is 18.6. The molecule has 4 rings (SSSR count). The van der Waals surface area contributed by atoms with Gasteiger partial charge in [-0.05, 0) is 63.0 Å². The van der Waals surface area contributed by atoms with E-state index in [-0.39, 0.29) is 5.91 Å². The van der Waals surface area contributed by atoms with Crippen LogP contribution < -0.4 is 5.32 Å². The zero-order valence-corrected chi connectivity index (χ0v) is 18.6. The number of carbonyl (C=O) groups excluding carboxylic acids is 1. The lowest BCUT2D eigenvalue weighted by atomic mass is 10.1. The molecule has 162 valence electrons. The molecule has 1 amide bonds. The van der Waals surface area contributed by atoms with Gasteiger partial charge in [0.05, 0.1) is 17.8 Å². The first-order valence-electron chi connectivity index (χ1n) is 11.3. The summed E-state index contributed by atoms with van der Waals surface area (Å²) in [6, 6.07) is 18.7. The number of carbonyl (C=O) groups is 1. The minimum atomic E-state index is 0.0243. The Balaban J connectivity index is 1.32. The lowest BCUT2D eigenvalue weighted by Crippen LogP contribution is -2.29. The average molecular weight is 417 g/mol. The predicted molar refractivity (Wildman–Crippen MR) is 124 cm³/mol. The zero-order chi connectivity index (χ0) is 21.6. The summed E-state index contributed by atoms with van der Waals surface area (Å²) in [5, 5.41) is 7.71. The molecule has 0 spiro atoms. The number of nitrogens with zero attached hydrogens (tertiary/aromatic N) is 3. The van der Waals surface area contributed by atoms with Gasteiger partial charge in [-0.15, -0.1) is 0 Å². The molecule has 5 heteroatoms. The van der Waals surface area contributed by atoms with Crippen LogP contribution in [0.15, 0.2) is 54.6 Å². The first-order chi connectivity index (χ1) is 15.1. The summed E-state index contributed by atoms with van der Waals surface area (Å²) in [6.07, 6.45) is 4.33. The summed E-state index contributed by atoms with van der Waals surface area (Å²) in [5.41, 5.74) is 6.40. The third-order valence-electron chi connectivity index (χ3n) is 6.15. The SMILES string of the molecule is Cc1nn(-c2ccccc2)c(C)c1CC(=O)NCc1ccc(CN2CCCCC2)cc1. The molecular formula is C26H32N4O. The molecule has 3 aromatic rings. The Hall–Kier alpha value is -2.92. The number of aromatic nitrogens is 2. The van der Waals surface area contributed by atoms with E-state index in [9.17, 15) is 4.79 Å². The van der Waals surface area contributed by atoms with Gasteiger partial charge >= 0.3 is 0 Å². The Morgan fingerprint density at radius 2 is 1.61 bits per heavy atom. The van der Waals surface area contributed by atoms with E-state index in [0.717, 1.165) is 34.7 Å². The monoisotopic (exact) mass is 416 g/mol. The predicted octanol–water partition coefficient (Wildman–Crippen LogP) is 4.33. The number of benzene rings is 2. The summed E-state index contributed by atoms with van der Waals surface area (Å²) in [7, 11) is 0. The topological polar surface area (TPSA) is 50.2 Å². The largest absolute Gasteiger partial charge is 0.352 e. The van der Waals surface area contributed by atoms with Crippen LogP contribution in [0.25, 0.3) is 5.69 Å². The molecule has 0 saturated carbocycles. The van der Waals surface area contributed by atoms with Crippen LogP contribution >= 0.6 is 0 Å². The highest BCUT2D eigenvalue weighted by molar-refractivity contribution is 5.79. The van der Waals surface area contributed by atoms with Gasteiger partial charge in [0.25, 0.3) is 0 Å². The van der Waals surface area contributed by atoms with E-state index in [4.69, 9.17) is 0 Å². The fourth-order valence-corrected chi connectivity index (χ4v) is 4.31. The van der Waals surface area contributed by atoms with Gasteiger partial charge in [0, 0.05) is 24.3 Å². The number of piperidine rings is 1. The molecule has 1 fully saturated rings. The third-order valence-corrected chi connectivity index (χ3v) is 6.15. The van der Waals surface area contributed by atoms with E-state index in [1.54, 1.807) is 0 Å². The molecule has 1 aliphatic rings. The molecule has 0 unspecified atom stereocenters. The van der Waals surface area contributed by atoms with Crippen molar-refractivity contribution < 1.29 is 4.79 Å². The lowest BCUT2D eigenvalue weighted by Gasteiger charge is -2.26. The normalized spacial score (nSPS) is 14.5. The Bertz CT molecular complexity index is 1000. The molecule has 1 N–H and O–H groups in total. The highest BCUT2D eigenvalue weighted by Gasteiger charge is 2.16. The van der Waals surface area contributed by atoms with E-state index in [0.29, 0.717) is 13.0 Å². The van der Waals surface area contributed by atoms with Crippen molar-refractivity contribution in [1.29, 1.82) is 0 Å². The summed E-state index contributed by atoms with van der Waals surface area (Å²) in [4.78, 5) is 15.1. The Labute approximate surface area is 185 Å². The van der Waals surface area contributed by atoms with Gasteiger partial charge in [0.2, 0.25) is 5.91 Å². The van der Waals surface area contributed by atoms with Crippen molar-refractivity contribution in [3.63, 3.8) is 0 Å². The van der Waals surface area contributed by atoms with Crippen LogP contribution in [-0.2, 0) is 24.3 Å². The number of rotatable bonds is 7. The summed E-state index contributed by atoms with van der Waals surface area (Å²) in [6.45, 7) is 7.98. The standard InChI is InChI=1S/C26H32N4O/c1-20-25(21(2)30(28-20)24-9-5-3-6-10-24)17-26(31)27-18-22-11-13-23(14-12-22)19-29-15-7-4-8-16-29/h3,5-6,9-14H,4,7-8,15-19H2,1-2H3,(H,27,31). The number of nitrogens with one attached hydrogen (secondary N) is 1. The molecule has 1 saturated heterocycles. The number of aryl methyl sites for hydroxylation is 1. The van der Waals surface area contributed by atoms with Gasteiger partial charge in [-0.1, -0.05) is 48.9 Å². The average Bonchev–Trinajstić information content (AvgIpc) is 3.08. The molecule has 1 aliphatic heterocycles. The second-order valence-electron chi connectivity index (χ2n) is 8.50. The minimum absolute atomic E-state index is 0.0243. The van der Waals surface area contributed by atoms with Crippen LogP contribution in [-0.4, -0.2) is 33.7 Å². The Morgan fingerprint density at radius 1 is 0.935 bits per heavy atom. The maximum Gasteiger partial charge on any atom is 0.224 e. The fourth-order valence-electron chi connectivity index (χ4n) is 4.31. The molecule has 31 heavy (non-hydrogen) atoms. The van der Waals surface area contributed by atoms with Gasteiger partial charge in [-0.25, -0.2) is 4.68 Å². The molecule has 5 nitrogen and oxygen atoms in total. The highest BCUT2D eigenvalue weighted by Crippen LogP contribution is 2.18. The molecular weight excluding hydrogens is 384 g/mol.